The van der Waals surface area contributed by atoms with Crippen LogP contribution < -0.4 is 0 Å². The van der Waals surface area contributed by atoms with Gasteiger partial charge in [0.05, 0.1) is 30.4 Å². The Hall–Kier alpha value is -11.4. The van der Waals surface area contributed by atoms with Crippen LogP contribution in [0.15, 0.2) is 317 Å². The highest BCUT2D eigenvalue weighted by atomic mass is 32.1. The van der Waals surface area contributed by atoms with Crippen molar-refractivity contribution in [2.45, 2.75) is 311 Å². The Kier molecular flexibility index (Phi) is 172. The number of hydrogen-bond donors (Lipinski definition) is 5. The number of imidazole rings is 1. The average Bonchev–Trinajstić information content (AvgIpc) is 1.34. The molecule has 0 aliphatic rings. The van der Waals surface area contributed by atoms with Gasteiger partial charge in [0, 0.05) is 129 Å². The smallest absolute Gasteiger partial charge is 0.138 e. The summed E-state index contributed by atoms with van der Waals surface area (Å²) in [5, 5.41) is 43.4. The molecule has 29 heteroatoms. The maximum Gasteiger partial charge on any atom is 0.138 e. The second kappa shape index (κ2) is 151. The summed E-state index contributed by atoms with van der Waals surface area (Å²) < 4.78 is 3.76. The van der Waals surface area contributed by atoms with Gasteiger partial charge in [0.2, 0.25) is 0 Å². The first-order valence-electron chi connectivity index (χ1n) is 48.8. The van der Waals surface area contributed by atoms with E-state index >= 15 is 0 Å². The number of rotatable bonds is 1. The fraction of sp³-hybridized carbons (Fsp3) is 0.527. The highest BCUT2D eigenvalue weighted by Gasteiger charge is 1.93. The minimum Gasteiger partial charge on any atom is -0.368 e. The molecule has 15 aromatic rings. The predicted octanol–water partition coefficient (Wildman–Crippen LogP) is 33.8. The third kappa shape index (κ3) is 351. The molecule has 0 bridgehead atoms. The van der Waals surface area contributed by atoms with Crippen LogP contribution in [0.25, 0.3) is 0 Å². The van der Waals surface area contributed by atoms with E-state index in [1.807, 2.05) is 107 Å². The van der Waals surface area contributed by atoms with Crippen LogP contribution in [0.3, 0.4) is 0 Å². The number of nitrogens with one attached hydrogen (secondary N) is 5. The maximum absolute atomic E-state index is 3.78. The molecule has 5 N–H and O–H groups in total. The van der Waals surface area contributed by atoms with E-state index in [-0.39, 0.29) is 0 Å². The molecule has 15 rings (SSSR count). The van der Waals surface area contributed by atoms with Gasteiger partial charge in [-0.25, -0.2) is 44.2 Å². The van der Waals surface area contributed by atoms with Crippen LogP contribution in [0.4, 0.5) is 0 Å². The van der Waals surface area contributed by atoms with Crippen molar-refractivity contribution >= 4 is 34.2 Å². The quantitative estimate of drug-likeness (QED) is 0.102. The number of nitrogens with zero attached hydrogens (tertiary/aromatic N) is 21. The molecule has 26 nitrogen and oxygen atoms in total. The van der Waals surface area contributed by atoms with Crippen molar-refractivity contribution in [2.24, 2.45) is 82.9 Å². The predicted molar refractivity (Wildman–Crippen MR) is 617 cm³/mol. The highest BCUT2D eigenvalue weighted by Crippen LogP contribution is 2.12. The van der Waals surface area contributed by atoms with Crippen molar-refractivity contribution < 1.29 is 0 Å². The Labute approximate surface area is 874 Å². The number of thiazole rings is 1. The number of pyridine rings is 1. The molecular weight excluding hydrogens is 1810 g/mol. The molecule has 800 valence electrons. The fourth-order valence-electron chi connectivity index (χ4n) is 3.94. The molecule has 0 radical (unpaired) electrons. The van der Waals surface area contributed by atoms with Gasteiger partial charge in [-0.3, -0.25) is 30.1 Å². The van der Waals surface area contributed by atoms with Gasteiger partial charge < -0.3 is 9.97 Å². The first-order valence-corrected chi connectivity index (χ1v) is 51.6. The average molecular weight is 2010 g/mol. The lowest BCUT2D eigenvalue weighted by Crippen LogP contribution is -1.83. The number of H-pyrrole nitrogens is 5. The molecule has 14 heterocycles. The largest absolute Gasteiger partial charge is 0.368 e. The van der Waals surface area contributed by atoms with Crippen LogP contribution in [0.2, 0.25) is 0 Å². The minimum absolute atomic E-state index is 0.659. The molecule has 0 atom stereocenters. The van der Waals surface area contributed by atoms with E-state index in [0.29, 0.717) is 5.92 Å². The van der Waals surface area contributed by atoms with E-state index in [1.165, 1.54) is 67.6 Å². The lowest BCUT2D eigenvalue weighted by atomic mass is 10.0. The van der Waals surface area contributed by atoms with Crippen molar-refractivity contribution in [1.29, 1.82) is 0 Å². The Morgan fingerprint density at radius 2 is 0.567 bits per heavy atom. The fourth-order valence-corrected chi connectivity index (χ4v) is 5.10. The summed E-state index contributed by atoms with van der Waals surface area (Å²) in [7, 11) is 0. The summed E-state index contributed by atoms with van der Waals surface area (Å²) in [4.78, 5) is 49.4. The summed E-state index contributed by atoms with van der Waals surface area (Å²) in [6.45, 7) is 95.4. The van der Waals surface area contributed by atoms with E-state index in [4.69, 9.17) is 0 Å². The molecule has 0 saturated carbocycles. The molecule has 0 spiro atoms. The lowest BCUT2D eigenvalue weighted by Gasteiger charge is -2.01. The zero-order chi connectivity index (χ0) is 111. The lowest BCUT2D eigenvalue weighted by molar-refractivity contribution is 0.736. The van der Waals surface area contributed by atoms with Crippen molar-refractivity contribution in [1.82, 2.24) is 130 Å². The van der Waals surface area contributed by atoms with Crippen molar-refractivity contribution in [2.75, 3.05) is 0 Å². The second-order valence-corrected chi connectivity index (χ2v) is 40.3. The van der Waals surface area contributed by atoms with Gasteiger partial charge in [0.25, 0.3) is 0 Å². The zero-order valence-corrected chi connectivity index (χ0v) is 98.7. The van der Waals surface area contributed by atoms with Gasteiger partial charge in [-0.1, -0.05) is 353 Å². The molecule has 1 aromatic carbocycles. The minimum atomic E-state index is 0.659. The van der Waals surface area contributed by atoms with Crippen LogP contribution in [0.5, 0.6) is 0 Å². The highest BCUT2D eigenvalue weighted by molar-refractivity contribution is 7.07. The molecule has 141 heavy (non-hydrogen) atoms. The summed E-state index contributed by atoms with van der Waals surface area (Å²) in [6.07, 6.45) is 49.0. The molecular formula is C112H204N26S3. The molecule has 14 aromatic heterocycles. The van der Waals surface area contributed by atoms with Gasteiger partial charge in [-0.15, -0.1) is 16.4 Å². The summed E-state index contributed by atoms with van der Waals surface area (Å²) >= 11 is 4.78. The van der Waals surface area contributed by atoms with E-state index in [0.717, 1.165) is 82.9 Å². The Morgan fingerprint density at radius 3 is 0.688 bits per heavy atom. The SMILES string of the molecule is CC(C)C.CC(C)C.CC(C)C.CC(C)C.CC(C)C.CC(C)C.CC(C)C.CC(C)C.CC(C)C.CC(C)C.CC(C)C.CC(C)C.CC(C)C.CC(C)C.CC(C)c1ccccc1.c1c[nH]cn1.c1cc[nH]c1.c1ccncc1.c1ccnnc1.c1ccsc1.c1cn[nH]c1.c1cn[nH]n1.c1cnccn1.c1cncnc1.c1cnncn1.c1cnsc1.c1cscn1.c1nc[nH]n1.c1ncncn1. The van der Waals surface area contributed by atoms with Crippen LogP contribution in [0, 0.1) is 82.9 Å². The Morgan fingerprint density at radius 1 is 0.199 bits per heavy atom. The Bertz CT molecular complexity index is 2890. The van der Waals surface area contributed by atoms with E-state index < -0.39 is 0 Å². The zero-order valence-electron chi connectivity index (χ0n) is 96.3. The Balaban J connectivity index is -0.0000000990. The summed E-state index contributed by atoms with van der Waals surface area (Å²) in [5.41, 5.74) is 3.21. The first kappa shape index (κ1) is 160. The number of aromatic amines is 5. The molecule has 0 aliphatic heterocycles. The summed E-state index contributed by atoms with van der Waals surface area (Å²) in [5.74, 6) is 12.3. The molecule has 0 fully saturated rings. The molecule has 0 amide bonds. The standard InChI is InChI=1S/C9H12.C5H5N.3C4H4N2.C4H5N.C4H4S.14C4H10.2C3H3N3.2C3H4N2.2C3H3NS.2C2H3N3/c1-8(2)9-6-4-3-5-7-9;1-2-4-6-5-3-1;1-2-6-4-3-5-1;1-2-5-4-6-3-1;1-2-4-6-5-3-1;2*1-2-4-5-3-1;14*1-4(2)3;1-4-2-6-3-5-1;1-2-5-6-3-4-1;1-2-5-3-4-1;1-2-4-5-3-1;1-2-5-3-4-1;1-2-4-5-3-1;1-3-2-5-4-1;1-2-4-5-3-1/h3-8H,1-2H3;1-5H;3*1-4H;1-5H;1-4H;14*4H,1-3H3;2*1-3H;2*1-3H,(H,4,5);2*1-3H;2*1-2H,(H,3,4,5). The third-order valence-electron chi connectivity index (χ3n) is 7.37. The van der Waals surface area contributed by atoms with Crippen LogP contribution >= 0.6 is 34.2 Å². The van der Waals surface area contributed by atoms with Crippen LogP contribution in [-0.2, 0) is 0 Å². The third-order valence-corrected chi connectivity index (χ3v) is 9.04. The second-order valence-electron chi connectivity index (χ2n) is 38.0. The maximum atomic E-state index is 3.78. The molecule has 0 aliphatic carbocycles. The number of aromatic nitrogens is 26. The van der Waals surface area contributed by atoms with Gasteiger partial charge in [0.15, 0.2) is 0 Å². The van der Waals surface area contributed by atoms with Crippen molar-refractivity contribution in [3.05, 3.63) is 323 Å². The van der Waals surface area contributed by atoms with E-state index in [2.05, 4.69) is 459 Å². The topological polar surface area (TPSA) is 350 Å². The van der Waals surface area contributed by atoms with Crippen molar-refractivity contribution in [3.63, 3.8) is 0 Å². The van der Waals surface area contributed by atoms with Gasteiger partial charge in [-0.2, -0.15) is 52.2 Å². The van der Waals surface area contributed by atoms with Gasteiger partial charge >= 0.3 is 0 Å². The van der Waals surface area contributed by atoms with Crippen LogP contribution in [0.1, 0.15) is 316 Å². The number of thiophene rings is 1. The molecule has 0 saturated heterocycles. The van der Waals surface area contributed by atoms with E-state index in [1.54, 1.807) is 158 Å². The number of hydrogen-bond acceptors (Lipinski definition) is 24. The first-order chi connectivity index (χ1) is 66.6. The van der Waals surface area contributed by atoms with Gasteiger partial charge in [0.1, 0.15) is 44.3 Å². The van der Waals surface area contributed by atoms with E-state index in [9.17, 15) is 0 Å². The normalized spacial score (nSPS) is 8.53. The summed E-state index contributed by atoms with van der Waals surface area (Å²) in [6, 6.07) is 33.3. The molecule has 0 unspecified atom stereocenters. The monoisotopic (exact) mass is 2010 g/mol. The van der Waals surface area contributed by atoms with Crippen molar-refractivity contribution in [3.8, 4) is 0 Å². The van der Waals surface area contributed by atoms with Crippen LogP contribution in [-0.4, -0.2) is 130 Å². The van der Waals surface area contributed by atoms with Gasteiger partial charge in [-0.05, 0) is 171 Å². The number of benzene rings is 1.